The largest absolute Gasteiger partial charge is 0.480 e. The SMILES string of the molecule is CN(C)c1cccc2c(S(=O)(=O)N[C@@H](CS)C(=O)O)cccc12. The lowest BCUT2D eigenvalue weighted by molar-refractivity contribution is -0.138. The minimum atomic E-state index is -3.98. The van der Waals surface area contributed by atoms with Crippen LogP contribution in [0.3, 0.4) is 0 Å². The van der Waals surface area contributed by atoms with Gasteiger partial charge in [-0.2, -0.15) is 17.4 Å². The number of anilines is 1. The number of nitrogens with one attached hydrogen (secondary N) is 1. The molecular formula is C15H18N2O4S2. The van der Waals surface area contributed by atoms with Gasteiger partial charge in [0.25, 0.3) is 0 Å². The zero-order valence-electron chi connectivity index (χ0n) is 12.7. The summed E-state index contributed by atoms with van der Waals surface area (Å²) in [7, 11) is -0.243. The summed E-state index contributed by atoms with van der Waals surface area (Å²) >= 11 is 3.88. The van der Waals surface area contributed by atoms with E-state index in [0.29, 0.717) is 5.39 Å². The predicted octanol–water partition coefficient (Wildman–Crippen LogP) is 1.57. The van der Waals surface area contributed by atoms with Gasteiger partial charge >= 0.3 is 5.97 Å². The number of rotatable bonds is 6. The second-order valence-electron chi connectivity index (χ2n) is 5.22. The average Bonchev–Trinajstić information content (AvgIpc) is 2.50. The number of carboxylic acid groups (broad SMARTS) is 1. The van der Waals surface area contributed by atoms with Crippen LogP contribution in [0.2, 0.25) is 0 Å². The Morgan fingerprint density at radius 3 is 2.39 bits per heavy atom. The van der Waals surface area contributed by atoms with Gasteiger partial charge in [0, 0.05) is 36.3 Å². The summed E-state index contributed by atoms with van der Waals surface area (Å²) in [5.41, 5.74) is 0.878. The highest BCUT2D eigenvalue weighted by Crippen LogP contribution is 2.30. The van der Waals surface area contributed by atoms with E-state index < -0.39 is 22.0 Å². The first-order valence-corrected chi connectivity index (χ1v) is 8.94. The highest BCUT2D eigenvalue weighted by Gasteiger charge is 2.25. The summed E-state index contributed by atoms with van der Waals surface area (Å²) in [6.07, 6.45) is 0. The molecule has 2 aromatic carbocycles. The van der Waals surface area contributed by atoms with Crippen molar-refractivity contribution < 1.29 is 18.3 Å². The van der Waals surface area contributed by atoms with E-state index in [9.17, 15) is 13.2 Å². The van der Waals surface area contributed by atoms with Gasteiger partial charge in [-0.3, -0.25) is 4.79 Å². The van der Waals surface area contributed by atoms with E-state index in [1.54, 1.807) is 18.2 Å². The van der Waals surface area contributed by atoms with Crippen molar-refractivity contribution in [1.82, 2.24) is 4.72 Å². The zero-order chi connectivity index (χ0) is 17.2. The molecule has 2 aromatic rings. The summed E-state index contributed by atoms with van der Waals surface area (Å²) in [6.45, 7) is 0. The number of thiol groups is 1. The van der Waals surface area contributed by atoms with Gasteiger partial charge in [-0.25, -0.2) is 8.42 Å². The number of aliphatic carboxylic acids is 1. The van der Waals surface area contributed by atoms with Crippen molar-refractivity contribution in [2.75, 3.05) is 24.7 Å². The second-order valence-corrected chi connectivity index (χ2v) is 7.27. The summed E-state index contributed by atoms with van der Waals surface area (Å²) in [6, 6.07) is 9.01. The van der Waals surface area contributed by atoms with E-state index >= 15 is 0 Å². The number of hydrogen-bond donors (Lipinski definition) is 3. The van der Waals surface area contributed by atoms with Crippen molar-refractivity contribution in [3.05, 3.63) is 36.4 Å². The highest BCUT2D eigenvalue weighted by atomic mass is 32.2. The molecule has 0 fully saturated rings. The standard InChI is InChI=1S/C15H18N2O4S2/c1-17(2)13-7-3-6-11-10(13)5-4-8-14(11)23(20,21)16-12(9-22)15(18)19/h3-8,12,16,22H,9H2,1-2H3,(H,18,19)/t12-/m0/s1. The van der Waals surface area contributed by atoms with Crippen LogP contribution in [0.4, 0.5) is 5.69 Å². The molecule has 0 amide bonds. The smallest absolute Gasteiger partial charge is 0.322 e. The fourth-order valence-corrected chi connectivity index (χ4v) is 4.09. The van der Waals surface area contributed by atoms with Crippen molar-refractivity contribution in [3.8, 4) is 0 Å². The molecule has 0 saturated heterocycles. The van der Waals surface area contributed by atoms with Gasteiger partial charge in [0.2, 0.25) is 10.0 Å². The molecule has 0 saturated carbocycles. The van der Waals surface area contributed by atoms with E-state index in [0.717, 1.165) is 11.1 Å². The molecule has 0 aromatic heterocycles. The van der Waals surface area contributed by atoms with Gasteiger partial charge < -0.3 is 10.0 Å². The van der Waals surface area contributed by atoms with Crippen LogP contribution in [0.15, 0.2) is 41.3 Å². The lowest BCUT2D eigenvalue weighted by atomic mass is 10.1. The van der Waals surface area contributed by atoms with Gasteiger partial charge in [0.1, 0.15) is 6.04 Å². The number of fused-ring (bicyclic) bond motifs is 1. The first-order valence-electron chi connectivity index (χ1n) is 6.83. The topological polar surface area (TPSA) is 86.7 Å². The third kappa shape index (κ3) is 3.60. The van der Waals surface area contributed by atoms with Crippen LogP contribution in [0.5, 0.6) is 0 Å². The molecule has 0 aliphatic heterocycles. The number of carbonyl (C=O) groups is 1. The molecule has 0 spiro atoms. The average molecular weight is 354 g/mol. The van der Waals surface area contributed by atoms with Gasteiger partial charge in [0.15, 0.2) is 0 Å². The minimum absolute atomic E-state index is 0.0479. The van der Waals surface area contributed by atoms with Crippen LogP contribution in [0, 0.1) is 0 Å². The molecular weight excluding hydrogens is 336 g/mol. The minimum Gasteiger partial charge on any atom is -0.480 e. The molecule has 23 heavy (non-hydrogen) atoms. The van der Waals surface area contributed by atoms with E-state index in [-0.39, 0.29) is 10.6 Å². The van der Waals surface area contributed by atoms with E-state index in [2.05, 4.69) is 17.4 Å². The fraction of sp³-hybridized carbons (Fsp3) is 0.267. The number of carboxylic acids is 1. The van der Waals surface area contributed by atoms with E-state index in [4.69, 9.17) is 5.11 Å². The van der Waals surface area contributed by atoms with Crippen LogP contribution in [-0.4, -0.2) is 45.4 Å². The highest BCUT2D eigenvalue weighted by molar-refractivity contribution is 7.89. The number of nitrogens with zero attached hydrogens (tertiary/aromatic N) is 1. The van der Waals surface area contributed by atoms with E-state index in [1.165, 1.54) is 6.07 Å². The number of hydrogen-bond acceptors (Lipinski definition) is 5. The quantitative estimate of drug-likeness (QED) is 0.686. The van der Waals surface area contributed by atoms with Crippen LogP contribution in [-0.2, 0) is 14.8 Å². The normalized spacial score (nSPS) is 13.0. The summed E-state index contributed by atoms with van der Waals surface area (Å²) in [5.74, 6) is -1.40. The Morgan fingerprint density at radius 1 is 1.22 bits per heavy atom. The Morgan fingerprint density at radius 2 is 1.83 bits per heavy atom. The third-order valence-electron chi connectivity index (χ3n) is 3.41. The monoisotopic (exact) mass is 354 g/mol. The number of benzene rings is 2. The van der Waals surface area contributed by atoms with Crippen molar-refractivity contribution in [2.45, 2.75) is 10.9 Å². The van der Waals surface area contributed by atoms with Gasteiger partial charge in [-0.05, 0) is 12.1 Å². The second kappa shape index (κ2) is 6.77. The Labute approximate surface area is 140 Å². The van der Waals surface area contributed by atoms with Crippen LogP contribution < -0.4 is 9.62 Å². The Kier molecular flexibility index (Phi) is 5.18. The molecule has 0 unspecified atom stereocenters. The first kappa shape index (κ1) is 17.6. The van der Waals surface area contributed by atoms with Crippen molar-refractivity contribution in [1.29, 1.82) is 0 Å². The van der Waals surface area contributed by atoms with Crippen molar-refractivity contribution in [2.24, 2.45) is 0 Å². The maximum atomic E-state index is 12.6. The molecule has 0 radical (unpaired) electrons. The zero-order valence-corrected chi connectivity index (χ0v) is 14.4. The molecule has 0 heterocycles. The number of sulfonamides is 1. The molecule has 6 nitrogen and oxygen atoms in total. The third-order valence-corrected chi connectivity index (χ3v) is 5.30. The Balaban J connectivity index is 2.59. The van der Waals surface area contributed by atoms with Crippen LogP contribution in [0.25, 0.3) is 10.8 Å². The van der Waals surface area contributed by atoms with Gasteiger partial charge in [-0.15, -0.1) is 0 Å². The molecule has 2 rings (SSSR count). The Hall–Kier alpha value is -1.77. The van der Waals surface area contributed by atoms with Crippen molar-refractivity contribution >= 4 is 45.1 Å². The van der Waals surface area contributed by atoms with E-state index in [1.807, 2.05) is 31.1 Å². The Bertz CT molecular complexity index is 834. The first-order chi connectivity index (χ1) is 10.8. The molecule has 0 bridgehead atoms. The summed E-state index contributed by atoms with van der Waals surface area (Å²) < 4.78 is 27.3. The predicted molar refractivity (Wildman–Crippen MR) is 93.9 cm³/mol. The molecule has 0 aliphatic carbocycles. The summed E-state index contributed by atoms with van der Waals surface area (Å²) in [4.78, 5) is 13.0. The summed E-state index contributed by atoms with van der Waals surface area (Å²) in [5, 5.41) is 10.3. The fourth-order valence-electron chi connectivity index (χ4n) is 2.31. The van der Waals surface area contributed by atoms with Crippen molar-refractivity contribution in [3.63, 3.8) is 0 Å². The molecule has 124 valence electrons. The molecule has 0 aliphatic rings. The lowest BCUT2D eigenvalue weighted by Crippen LogP contribution is -2.42. The maximum Gasteiger partial charge on any atom is 0.322 e. The van der Waals surface area contributed by atoms with Crippen LogP contribution in [0.1, 0.15) is 0 Å². The van der Waals surface area contributed by atoms with Crippen LogP contribution >= 0.6 is 12.6 Å². The lowest BCUT2D eigenvalue weighted by Gasteiger charge is -2.18. The molecule has 1 atom stereocenters. The van der Waals surface area contributed by atoms with Gasteiger partial charge in [-0.1, -0.05) is 24.3 Å². The molecule has 8 heteroatoms. The van der Waals surface area contributed by atoms with Gasteiger partial charge in [0.05, 0.1) is 4.90 Å². The molecule has 2 N–H and O–H groups in total. The maximum absolute atomic E-state index is 12.6.